The molecule has 0 N–H and O–H groups in total. The molecule has 0 bridgehead atoms. The highest BCUT2D eigenvalue weighted by Crippen LogP contribution is 2.29. The minimum Gasteiger partial charge on any atom is -0.300 e. The summed E-state index contributed by atoms with van der Waals surface area (Å²) in [7, 11) is 0. The Balaban J connectivity index is 1.44. The normalized spacial score (nSPS) is 19.8. The van der Waals surface area contributed by atoms with Crippen molar-refractivity contribution in [3.8, 4) is 11.3 Å². The molecule has 120 valence electrons. The maximum atomic E-state index is 12.1. The van der Waals surface area contributed by atoms with E-state index in [0.717, 1.165) is 36.9 Å². The zero-order valence-electron chi connectivity index (χ0n) is 13.3. The van der Waals surface area contributed by atoms with Gasteiger partial charge in [-0.1, -0.05) is 12.8 Å². The lowest BCUT2D eigenvalue weighted by atomic mass is 9.97. The van der Waals surface area contributed by atoms with Crippen LogP contribution >= 0.6 is 0 Å². The summed E-state index contributed by atoms with van der Waals surface area (Å²) in [6, 6.07) is 8.04. The second-order valence-corrected chi connectivity index (χ2v) is 6.74. The third kappa shape index (κ3) is 3.06. The van der Waals surface area contributed by atoms with Crippen LogP contribution in [0.15, 0.2) is 41.5 Å². The molecule has 2 fully saturated rings. The molecule has 4 rings (SSSR count). The van der Waals surface area contributed by atoms with E-state index in [-0.39, 0.29) is 5.56 Å². The second kappa shape index (κ2) is 6.24. The molecule has 0 spiro atoms. The van der Waals surface area contributed by atoms with Crippen LogP contribution in [0.5, 0.6) is 0 Å². The Morgan fingerprint density at radius 1 is 1.13 bits per heavy atom. The fourth-order valence-electron chi connectivity index (χ4n) is 3.79. The molecule has 0 atom stereocenters. The van der Waals surface area contributed by atoms with Crippen LogP contribution in [-0.4, -0.2) is 38.8 Å². The molecule has 1 aliphatic carbocycles. The van der Waals surface area contributed by atoms with Crippen molar-refractivity contribution in [1.29, 1.82) is 0 Å². The van der Waals surface area contributed by atoms with Crippen molar-refractivity contribution in [2.45, 2.75) is 38.3 Å². The van der Waals surface area contributed by atoms with Crippen LogP contribution in [0.2, 0.25) is 0 Å². The van der Waals surface area contributed by atoms with Gasteiger partial charge < -0.3 is 0 Å². The van der Waals surface area contributed by atoms with Crippen LogP contribution in [0.25, 0.3) is 11.3 Å². The molecular weight excluding hydrogens is 288 g/mol. The summed E-state index contributed by atoms with van der Waals surface area (Å²) in [5, 5.41) is 4.53. The van der Waals surface area contributed by atoms with Crippen molar-refractivity contribution >= 4 is 0 Å². The van der Waals surface area contributed by atoms with Gasteiger partial charge in [0, 0.05) is 49.1 Å². The number of rotatable bonds is 4. The van der Waals surface area contributed by atoms with Gasteiger partial charge in [0.1, 0.15) is 0 Å². The predicted octanol–water partition coefficient (Wildman–Crippen LogP) is 2.18. The van der Waals surface area contributed by atoms with E-state index in [1.165, 1.54) is 25.7 Å². The van der Waals surface area contributed by atoms with Gasteiger partial charge in [-0.15, -0.1) is 0 Å². The molecule has 5 nitrogen and oxygen atoms in total. The SMILES string of the molecule is O=c1ccc(-c2cccnc2)nn1CC1CN(C2CCCC2)C1. The summed E-state index contributed by atoms with van der Waals surface area (Å²) in [6.07, 6.45) is 8.97. The van der Waals surface area contributed by atoms with Gasteiger partial charge in [0.05, 0.1) is 12.2 Å². The highest BCUT2D eigenvalue weighted by Gasteiger charge is 2.33. The zero-order chi connectivity index (χ0) is 15.6. The largest absolute Gasteiger partial charge is 0.300 e. The van der Waals surface area contributed by atoms with Crippen LogP contribution in [0.4, 0.5) is 0 Å². The molecule has 5 heteroatoms. The number of hydrogen-bond acceptors (Lipinski definition) is 4. The second-order valence-electron chi connectivity index (χ2n) is 6.74. The highest BCUT2D eigenvalue weighted by molar-refractivity contribution is 5.56. The molecule has 3 heterocycles. The van der Waals surface area contributed by atoms with E-state index in [9.17, 15) is 4.79 Å². The maximum Gasteiger partial charge on any atom is 0.266 e. The summed E-state index contributed by atoms with van der Waals surface area (Å²) in [5.74, 6) is 0.546. The zero-order valence-corrected chi connectivity index (χ0v) is 13.3. The molecule has 0 unspecified atom stereocenters. The fourth-order valence-corrected chi connectivity index (χ4v) is 3.79. The van der Waals surface area contributed by atoms with E-state index in [1.54, 1.807) is 29.2 Å². The lowest BCUT2D eigenvalue weighted by Crippen LogP contribution is -2.53. The Bertz CT molecular complexity index is 715. The summed E-state index contributed by atoms with van der Waals surface area (Å²) >= 11 is 0. The van der Waals surface area contributed by atoms with Crippen molar-refractivity contribution in [2.75, 3.05) is 13.1 Å². The van der Waals surface area contributed by atoms with E-state index in [2.05, 4.69) is 15.0 Å². The molecule has 23 heavy (non-hydrogen) atoms. The number of hydrogen-bond donors (Lipinski definition) is 0. The molecule has 0 radical (unpaired) electrons. The van der Waals surface area contributed by atoms with Gasteiger partial charge in [0.2, 0.25) is 0 Å². The first-order chi connectivity index (χ1) is 11.3. The first-order valence-electron chi connectivity index (χ1n) is 8.52. The van der Waals surface area contributed by atoms with E-state index in [1.807, 2.05) is 12.1 Å². The summed E-state index contributed by atoms with van der Waals surface area (Å²) in [6.45, 7) is 2.93. The van der Waals surface area contributed by atoms with E-state index in [4.69, 9.17) is 0 Å². The first kappa shape index (κ1) is 14.6. The fraction of sp³-hybridized carbons (Fsp3) is 0.500. The third-order valence-electron chi connectivity index (χ3n) is 5.08. The number of likely N-dealkylation sites (tertiary alicyclic amines) is 1. The van der Waals surface area contributed by atoms with Gasteiger partial charge in [-0.25, -0.2) is 4.68 Å². The molecule has 0 aromatic carbocycles. The van der Waals surface area contributed by atoms with Gasteiger partial charge >= 0.3 is 0 Å². The molecule has 2 aliphatic rings. The Morgan fingerprint density at radius 3 is 2.70 bits per heavy atom. The van der Waals surface area contributed by atoms with E-state index in [0.29, 0.717) is 5.92 Å². The topological polar surface area (TPSA) is 51.0 Å². The van der Waals surface area contributed by atoms with Crippen LogP contribution in [-0.2, 0) is 6.54 Å². The van der Waals surface area contributed by atoms with Gasteiger partial charge in [-0.3, -0.25) is 14.7 Å². The molecular formula is C18H22N4O. The van der Waals surface area contributed by atoms with Crippen molar-refractivity contribution in [1.82, 2.24) is 19.7 Å². The van der Waals surface area contributed by atoms with Crippen LogP contribution < -0.4 is 5.56 Å². The minimum atomic E-state index is -0.0167. The molecule has 1 aliphatic heterocycles. The van der Waals surface area contributed by atoms with Gasteiger partial charge in [0.15, 0.2) is 0 Å². The highest BCUT2D eigenvalue weighted by atomic mass is 16.1. The van der Waals surface area contributed by atoms with Gasteiger partial charge in [-0.2, -0.15) is 5.10 Å². The summed E-state index contributed by atoms with van der Waals surface area (Å²) in [4.78, 5) is 18.8. The molecule has 1 saturated carbocycles. The van der Waals surface area contributed by atoms with Crippen LogP contribution in [0, 0.1) is 5.92 Å². The minimum absolute atomic E-state index is 0.0167. The van der Waals surface area contributed by atoms with Crippen molar-refractivity contribution in [3.05, 3.63) is 47.0 Å². The standard InChI is InChI=1S/C18H22N4O/c23-18-8-7-17(15-4-3-9-19-10-15)20-22(18)13-14-11-21(12-14)16-5-1-2-6-16/h3-4,7-10,14,16H,1-2,5-6,11-13H2. The Hall–Kier alpha value is -2.01. The number of nitrogens with zero attached hydrogens (tertiary/aromatic N) is 4. The lowest BCUT2D eigenvalue weighted by molar-refractivity contribution is 0.0430. The Labute approximate surface area is 136 Å². The van der Waals surface area contributed by atoms with Crippen molar-refractivity contribution < 1.29 is 0 Å². The quantitative estimate of drug-likeness (QED) is 0.868. The average Bonchev–Trinajstić information content (AvgIpc) is 3.07. The lowest BCUT2D eigenvalue weighted by Gasteiger charge is -2.43. The molecule has 0 amide bonds. The number of aromatic nitrogens is 3. The summed E-state index contributed by atoms with van der Waals surface area (Å²) < 4.78 is 1.62. The van der Waals surface area contributed by atoms with Crippen LogP contribution in [0.3, 0.4) is 0 Å². The van der Waals surface area contributed by atoms with Gasteiger partial charge in [-0.05, 0) is 31.0 Å². The van der Waals surface area contributed by atoms with Crippen LogP contribution in [0.1, 0.15) is 25.7 Å². The average molecular weight is 310 g/mol. The number of pyridine rings is 1. The maximum absolute atomic E-state index is 12.1. The Morgan fingerprint density at radius 2 is 1.96 bits per heavy atom. The first-order valence-corrected chi connectivity index (χ1v) is 8.52. The summed E-state index contributed by atoms with van der Waals surface area (Å²) in [5.41, 5.74) is 1.74. The third-order valence-corrected chi connectivity index (χ3v) is 5.08. The monoisotopic (exact) mass is 310 g/mol. The molecule has 2 aromatic heterocycles. The molecule has 1 saturated heterocycles. The van der Waals surface area contributed by atoms with E-state index < -0.39 is 0 Å². The van der Waals surface area contributed by atoms with Gasteiger partial charge in [0.25, 0.3) is 5.56 Å². The Kier molecular flexibility index (Phi) is 3.95. The van der Waals surface area contributed by atoms with Crippen molar-refractivity contribution in [3.63, 3.8) is 0 Å². The van der Waals surface area contributed by atoms with E-state index >= 15 is 0 Å². The van der Waals surface area contributed by atoms with Crippen molar-refractivity contribution in [2.24, 2.45) is 5.92 Å². The molecule has 2 aromatic rings. The smallest absolute Gasteiger partial charge is 0.266 e. The predicted molar refractivity (Wildman–Crippen MR) is 89.0 cm³/mol.